The van der Waals surface area contributed by atoms with E-state index < -0.39 is 11.6 Å². The van der Waals surface area contributed by atoms with Gasteiger partial charge in [0.25, 0.3) is 0 Å². The fraction of sp³-hybridized carbons (Fsp3) is 0.455. The van der Waals surface area contributed by atoms with Gasteiger partial charge in [0.1, 0.15) is 0 Å². The maximum absolute atomic E-state index is 12.9. The van der Waals surface area contributed by atoms with E-state index in [4.69, 9.17) is 4.74 Å². The van der Waals surface area contributed by atoms with Crippen LogP contribution in [0.4, 0.5) is 8.78 Å². The highest BCUT2D eigenvalue weighted by molar-refractivity contribution is 5.21. The van der Waals surface area contributed by atoms with Crippen molar-refractivity contribution >= 4 is 0 Å². The molecule has 82 valence electrons. The monoisotopic (exact) mass is 213 g/mol. The molecule has 1 fully saturated rings. The van der Waals surface area contributed by atoms with Crippen LogP contribution in [0.2, 0.25) is 0 Å². The smallest absolute Gasteiger partial charge is 0.159 e. The van der Waals surface area contributed by atoms with Crippen molar-refractivity contribution in [2.24, 2.45) is 0 Å². The van der Waals surface area contributed by atoms with Crippen LogP contribution in [0.1, 0.15) is 5.56 Å². The first kappa shape index (κ1) is 10.5. The van der Waals surface area contributed by atoms with Crippen molar-refractivity contribution in [3.8, 4) is 0 Å². The predicted octanol–water partition coefficient (Wildman–Crippen LogP) is 1.50. The summed E-state index contributed by atoms with van der Waals surface area (Å²) in [6.07, 6.45) is 0.605. The first-order valence-corrected chi connectivity index (χ1v) is 4.85. The highest BCUT2D eigenvalue weighted by Crippen LogP contribution is 2.22. The minimum Gasteiger partial charge on any atom is -0.375 e. The van der Waals surface area contributed by atoms with E-state index in [9.17, 15) is 8.78 Å². The number of halogens is 2. The zero-order valence-corrected chi connectivity index (χ0v) is 8.52. The molecule has 0 saturated carbocycles. The Labute approximate surface area is 87.2 Å². The lowest BCUT2D eigenvalue weighted by Gasteiger charge is -2.41. The number of methoxy groups -OCH3 is 1. The van der Waals surface area contributed by atoms with Gasteiger partial charge in [0.2, 0.25) is 0 Å². The SMILES string of the molecule is COC1(Cc2ccc(F)c(F)c2)CNC1. The summed E-state index contributed by atoms with van der Waals surface area (Å²) >= 11 is 0. The molecule has 0 amide bonds. The minimum absolute atomic E-state index is 0.246. The van der Waals surface area contributed by atoms with Gasteiger partial charge in [-0.2, -0.15) is 0 Å². The zero-order valence-electron chi connectivity index (χ0n) is 8.52. The van der Waals surface area contributed by atoms with E-state index in [1.165, 1.54) is 6.07 Å². The molecule has 4 heteroatoms. The van der Waals surface area contributed by atoms with Gasteiger partial charge in [-0.1, -0.05) is 6.07 Å². The van der Waals surface area contributed by atoms with Gasteiger partial charge >= 0.3 is 0 Å². The maximum Gasteiger partial charge on any atom is 0.159 e. The molecule has 0 unspecified atom stereocenters. The first-order valence-electron chi connectivity index (χ1n) is 4.85. The van der Waals surface area contributed by atoms with Crippen molar-refractivity contribution in [2.45, 2.75) is 12.0 Å². The molecule has 2 rings (SSSR count). The third kappa shape index (κ3) is 2.01. The number of nitrogens with one attached hydrogen (secondary N) is 1. The van der Waals surface area contributed by atoms with Crippen molar-refractivity contribution in [3.05, 3.63) is 35.4 Å². The van der Waals surface area contributed by atoms with Gasteiger partial charge in [-0.3, -0.25) is 0 Å². The van der Waals surface area contributed by atoms with Crippen molar-refractivity contribution in [1.82, 2.24) is 5.32 Å². The highest BCUT2D eigenvalue weighted by Gasteiger charge is 2.36. The average molecular weight is 213 g/mol. The summed E-state index contributed by atoms with van der Waals surface area (Å²) in [7, 11) is 1.64. The Kier molecular flexibility index (Phi) is 2.71. The molecule has 0 bridgehead atoms. The molecule has 15 heavy (non-hydrogen) atoms. The zero-order chi connectivity index (χ0) is 10.9. The summed E-state index contributed by atoms with van der Waals surface area (Å²) in [5.41, 5.74) is 0.516. The van der Waals surface area contributed by atoms with Crippen LogP contribution in [-0.4, -0.2) is 25.8 Å². The van der Waals surface area contributed by atoms with Gasteiger partial charge in [-0.25, -0.2) is 8.78 Å². The van der Waals surface area contributed by atoms with Crippen molar-refractivity contribution in [3.63, 3.8) is 0 Å². The predicted molar refractivity (Wildman–Crippen MR) is 52.7 cm³/mol. The molecule has 0 aliphatic carbocycles. The van der Waals surface area contributed by atoms with Gasteiger partial charge in [0, 0.05) is 26.6 Å². The lowest BCUT2D eigenvalue weighted by atomic mass is 9.89. The van der Waals surface area contributed by atoms with Crippen LogP contribution < -0.4 is 5.32 Å². The van der Waals surface area contributed by atoms with Gasteiger partial charge in [-0.15, -0.1) is 0 Å². The Hall–Kier alpha value is -1.00. The Balaban J connectivity index is 2.13. The quantitative estimate of drug-likeness (QED) is 0.821. The van der Waals surface area contributed by atoms with E-state index >= 15 is 0 Å². The number of benzene rings is 1. The second-order valence-corrected chi connectivity index (χ2v) is 3.92. The van der Waals surface area contributed by atoms with Crippen molar-refractivity contribution in [2.75, 3.05) is 20.2 Å². The second kappa shape index (κ2) is 3.87. The van der Waals surface area contributed by atoms with E-state index in [0.717, 1.165) is 24.7 Å². The molecule has 1 N–H and O–H groups in total. The molecule has 0 radical (unpaired) electrons. The molecule has 0 atom stereocenters. The molecule has 1 aliphatic heterocycles. The molecule has 0 spiro atoms. The van der Waals surface area contributed by atoms with Gasteiger partial charge in [0.15, 0.2) is 11.6 Å². The van der Waals surface area contributed by atoms with Crippen molar-refractivity contribution < 1.29 is 13.5 Å². The Morgan fingerprint density at radius 3 is 2.53 bits per heavy atom. The maximum atomic E-state index is 12.9. The molecule has 2 nitrogen and oxygen atoms in total. The molecular formula is C11H13F2NO. The minimum atomic E-state index is -0.808. The van der Waals surface area contributed by atoms with Crippen LogP contribution in [0.5, 0.6) is 0 Å². The van der Waals surface area contributed by atoms with Gasteiger partial charge in [-0.05, 0) is 17.7 Å². The average Bonchev–Trinajstić information content (AvgIpc) is 2.17. The molecule has 0 aromatic heterocycles. The summed E-state index contributed by atoms with van der Waals surface area (Å²) in [6.45, 7) is 1.50. The molecule has 1 aromatic rings. The van der Waals surface area contributed by atoms with E-state index in [1.807, 2.05) is 0 Å². The Bertz CT molecular complexity index is 358. The fourth-order valence-electron chi connectivity index (χ4n) is 1.77. The Morgan fingerprint density at radius 1 is 1.33 bits per heavy atom. The lowest BCUT2D eigenvalue weighted by Crippen LogP contribution is -2.61. The lowest BCUT2D eigenvalue weighted by molar-refractivity contribution is -0.0502. The Morgan fingerprint density at radius 2 is 2.07 bits per heavy atom. The number of rotatable bonds is 3. The van der Waals surface area contributed by atoms with E-state index in [2.05, 4.69) is 5.32 Å². The highest BCUT2D eigenvalue weighted by atomic mass is 19.2. The second-order valence-electron chi connectivity index (χ2n) is 3.92. The topological polar surface area (TPSA) is 21.3 Å². The van der Waals surface area contributed by atoms with Crippen LogP contribution in [0.25, 0.3) is 0 Å². The van der Waals surface area contributed by atoms with Crippen LogP contribution in [0, 0.1) is 11.6 Å². The van der Waals surface area contributed by atoms with Gasteiger partial charge < -0.3 is 10.1 Å². The third-order valence-electron chi connectivity index (χ3n) is 2.84. The van der Waals surface area contributed by atoms with Crippen molar-refractivity contribution in [1.29, 1.82) is 0 Å². The fourth-order valence-corrected chi connectivity index (χ4v) is 1.77. The molecule has 1 aromatic carbocycles. The summed E-state index contributed by atoms with van der Waals surface area (Å²) < 4.78 is 31.0. The molecule has 1 saturated heterocycles. The number of ether oxygens (including phenoxy) is 1. The summed E-state index contributed by atoms with van der Waals surface area (Å²) in [6, 6.07) is 3.98. The van der Waals surface area contributed by atoms with E-state index in [1.54, 1.807) is 13.2 Å². The molecule has 1 aliphatic rings. The standard InChI is InChI=1S/C11H13F2NO/c1-15-11(6-14-7-11)5-8-2-3-9(12)10(13)4-8/h2-4,14H,5-7H2,1H3. The van der Waals surface area contributed by atoms with Crippen LogP contribution in [0.15, 0.2) is 18.2 Å². The van der Waals surface area contributed by atoms with Crippen LogP contribution >= 0.6 is 0 Å². The summed E-state index contributed by atoms with van der Waals surface area (Å²) in [5, 5.41) is 3.11. The molecule has 1 heterocycles. The van der Waals surface area contributed by atoms with Gasteiger partial charge in [0.05, 0.1) is 5.60 Å². The largest absolute Gasteiger partial charge is 0.375 e. The summed E-state index contributed by atoms with van der Waals surface area (Å²) in [4.78, 5) is 0. The third-order valence-corrected chi connectivity index (χ3v) is 2.84. The summed E-state index contributed by atoms with van der Waals surface area (Å²) in [5.74, 6) is -1.61. The number of hydrogen-bond donors (Lipinski definition) is 1. The first-order chi connectivity index (χ1) is 7.15. The van der Waals surface area contributed by atoms with E-state index in [-0.39, 0.29) is 5.60 Å². The van der Waals surface area contributed by atoms with Crippen LogP contribution in [0.3, 0.4) is 0 Å². The number of hydrogen-bond acceptors (Lipinski definition) is 2. The van der Waals surface area contributed by atoms with Crippen LogP contribution in [-0.2, 0) is 11.2 Å². The van der Waals surface area contributed by atoms with E-state index in [0.29, 0.717) is 6.42 Å². The molecular weight excluding hydrogens is 200 g/mol. The normalized spacial score (nSPS) is 18.6.